The average molecular weight is 227 g/mol. The second kappa shape index (κ2) is 5.16. The molecule has 3 nitrogen and oxygen atoms in total. The van der Waals surface area contributed by atoms with E-state index in [0.29, 0.717) is 28.0 Å². The Labute approximate surface area is 93.1 Å². The van der Waals surface area contributed by atoms with Gasteiger partial charge in [0.2, 0.25) is 0 Å². The first kappa shape index (κ1) is 12.0. The Balaban J connectivity index is 2.96. The van der Waals surface area contributed by atoms with E-state index in [0.717, 1.165) is 0 Å². The van der Waals surface area contributed by atoms with Crippen LogP contribution in [0.1, 0.15) is 13.8 Å². The molecule has 15 heavy (non-hydrogen) atoms. The first-order valence-corrected chi connectivity index (χ1v) is 6.18. The molecule has 1 rings (SSSR count). The fourth-order valence-corrected chi connectivity index (χ4v) is 2.59. The van der Waals surface area contributed by atoms with Crippen molar-refractivity contribution in [1.29, 1.82) is 0 Å². The maximum Gasteiger partial charge on any atom is 0.120 e. The summed E-state index contributed by atoms with van der Waals surface area (Å²) in [5, 5.41) is 0. The lowest BCUT2D eigenvalue weighted by Crippen LogP contribution is -2.07. The summed E-state index contributed by atoms with van der Waals surface area (Å²) in [6, 6.07) is 5.24. The van der Waals surface area contributed by atoms with Gasteiger partial charge in [0.1, 0.15) is 5.75 Å². The van der Waals surface area contributed by atoms with Gasteiger partial charge in [-0.1, -0.05) is 13.8 Å². The van der Waals surface area contributed by atoms with E-state index in [1.54, 1.807) is 25.3 Å². The lowest BCUT2D eigenvalue weighted by molar-refractivity contribution is 0.413. The molecular formula is C11H17NO2S. The third-order valence-corrected chi connectivity index (χ3v) is 3.76. The molecule has 0 spiro atoms. The quantitative estimate of drug-likeness (QED) is 0.801. The van der Waals surface area contributed by atoms with E-state index in [9.17, 15) is 4.21 Å². The molecular weight excluding hydrogens is 210 g/mol. The second-order valence-corrected chi connectivity index (χ2v) is 5.27. The van der Waals surface area contributed by atoms with Gasteiger partial charge in [-0.05, 0) is 24.1 Å². The number of methoxy groups -OCH3 is 1. The van der Waals surface area contributed by atoms with Crippen molar-refractivity contribution < 1.29 is 8.95 Å². The van der Waals surface area contributed by atoms with Gasteiger partial charge >= 0.3 is 0 Å². The Morgan fingerprint density at radius 3 is 2.67 bits per heavy atom. The minimum atomic E-state index is -1.04. The molecule has 2 N–H and O–H groups in total. The second-order valence-electron chi connectivity index (χ2n) is 3.81. The van der Waals surface area contributed by atoms with Crippen molar-refractivity contribution in [1.82, 2.24) is 0 Å². The first-order valence-electron chi connectivity index (χ1n) is 4.86. The highest BCUT2D eigenvalue weighted by Gasteiger charge is 2.10. The van der Waals surface area contributed by atoms with Crippen LogP contribution in [0, 0.1) is 5.92 Å². The summed E-state index contributed by atoms with van der Waals surface area (Å²) in [5.74, 6) is 1.70. The fourth-order valence-electron chi connectivity index (χ4n) is 1.23. The predicted molar refractivity (Wildman–Crippen MR) is 63.5 cm³/mol. The van der Waals surface area contributed by atoms with Crippen molar-refractivity contribution >= 4 is 16.5 Å². The van der Waals surface area contributed by atoms with E-state index in [1.807, 2.05) is 13.8 Å². The van der Waals surface area contributed by atoms with Gasteiger partial charge in [0.15, 0.2) is 0 Å². The summed E-state index contributed by atoms with van der Waals surface area (Å²) in [5.41, 5.74) is 6.34. The van der Waals surface area contributed by atoms with Gasteiger partial charge in [-0.25, -0.2) is 0 Å². The van der Waals surface area contributed by atoms with Gasteiger partial charge in [0, 0.05) is 11.4 Å². The molecule has 0 saturated carbocycles. The molecule has 0 aliphatic rings. The molecule has 0 radical (unpaired) electrons. The summed E-state index contributed by atoms with van der Waals surface area (Å²) in [7, 11) is 0.542. The number of nitrogen functional groups attached to an aromatic ring is 1. The van der Waals surface area contributed by atoms with Gasteiger partial charge in [-0.3, -0.25) is 4.21 Å². The van der Waals surface area contributed by atoms with Crippen LogP contribution in [-0.4, -0.2) is 17.1 Å². The van der Waals surface area contributed by atoms with E-state index in [4.69, 9.17) is 10.5 Å². The lowest BCUT2D eigenvalue weighted by Gasteiger charge is -2.09. The van der Waals surface area contributed by atoms with Crippen molar-refractivity contribution in [3.8, 4) is 5.75 Å². The van der Waals surface area contributed by atoms with E-state index >= 15 is 0 Å². The smallest absolute Gasteiger partial charge is 0.120 e. The van der Waals surface area contributed by atoms with Crippen molar-refractivity contribution in [2.45, 2.75) is 18.7 Å². The number of anilines is 1. The third-order valence-electron chi connectivity index (χ3n) is 1.95. The Morgan fingerprint density at radius 2 is 2.13 bits per heavy atom. The molecule has 0 aromatic heterocycles. The van der Waals surface area contributed by atoms with Crippen molar-refractivity contribution in [2.24, 2.45) is 5.92 Å². The molecule has 0 fully saturated rings. The van der Waals surface area contributed by atoms with Crippen LogP contribution in [0.5, 0.6) is 5.75 Å². The molecule has 0 aliphatic heterocycles. The largest absolute Gasteiger partial charge is 0.497 e. The monoisotopic (exact) mass is 227 g/mol. The maximum atomic E-state index is 11.9. The molecule has 1 aromatic carbocycles. The van der Waals surface area contributed by atoms with Gasteiger partial charge in [0.25, 0.3) is 0 Å². The summed E-state index contributed by atoms with van der Waals surface area (Å²) in [6.07, 6.45) is 0. The van der Waals surface area contributed by atoms with Crippen LogP contribution in [0.4, 0.5) is 5.69 Å². The predicted octanol–water partition coefficient (Wildman–Crippen LogP) is 2.04. The Kier molecular flexibility index (Phi) is 4.15. The van der Waals surface area contributed by atoms with Crippen LogP contribution in [0.15, 0.2) is 23.1 Å². The van der Waals surface area contributed by atoms with E-state index in [2.05, 4.69) is 0 Å². The summed E-state index contributed by atoms with van der Waals surface area (Å²) in [4.78, 5) is 0.669. The molecule has 0 saturated heterocycles. The van der Waals surface area contributed by atoms with Gasteiger partial charge in [-0.2, -0.15) is 0 Å². The zero-order valence-corrected chi connectivity index (χ0v) is 10.1. The van der Waals surface area contributed by atoms with E-state index in [1.165, 1.54) is 0 Å². The van der Waals surface area contributed by atoms with Gasteiger partial charge in [-0.15, -0.1) is 0 Å². The maximum absolute atomic E-state index is 11.9. The highest BCUT2D eigenvalue weighted by Crippen LogP contribution is 2.23. The number of benzene rings is 1. The standard InChI is InChI=1S/C11H17NO2S/c1-8(2)7-15(13)11-6-9(14-3)4-5-10(11)12/h4-6,8H,7,12H2,1-3H3. The van der Waals surface area contributed by atoms with Crippen LogP contribution < -0.4 is 10.5 Å². The Bertz CT molecular complexity index is 364. The molecule has 4 heteroatoms. The highest BCUT2D eigenvalue weighted by molar-refractivity contribution is 7.85. The van der Waals surface area contributed by atoms with Crippen molar-refractivity contribution in [3.63, 3.8) is 0 Å². The average Bonchev–Trinajstić information content (AvgIpc) is 2.17. The third kappa shape index (κ3) is 3.23. The minimum absolute atomic E-state index is 0.386. The molecule has 1 atom stereocenters. The topological polar surface area (TPSA) is 52.3 Å². The summed E-state index contributed by atoms with van der Waals surface area (Å²) < 4.78 is 17.0. The van der Waals surface area contributed by atoms with Crippen molar-refractivity contribution in [2.75, 3.05) is 18.6 Å². The number of nitrogens with two attached hydrogens (primary N) is 1. The normalized spacial score (nSPS) is 12.8. The number of ether oxygens (including phenoxy) is 1. The van der Waals surface area contributed by atoms with Crippen LogP contribution in [0.2, 0.25) is 0 Å². The lowest BCUT2D eigenvalue weighted by atomic mass is 10.3. The Hall–Kier alpha value is -1.03. The molecule has 1 unspecified atom stereocenters. The number of rotatable bonds is 4. The summed E-state index contributed by atoms with van der Waals surface area (Å²) in [6.45, 7) is 4.07. The zero-order valence-electron chi connectivity index (χ0n) is 9.32. The molecule has 0 heterocycles. The molecule has 0 aliphatic carbocycles. The summed E-state index contributed by atoms with van der Waals surface area (Å²) >= 11 is 0. The number of hydrogen-bond acceptors (Lipinski definition) is 3. The van der Waals surface area contributed by atoms with Crippen LogP contribution >= 0.6 is 0 Å². The molecule has 0 bridgehead atoms. The fraction of sp³-hybridized carbons (Fsp3) is 0.455. The van der Waals surface area contributed by atoms with Gasteiger partial charge < -0.3 is 10.5 Å². The first-order chi connectivity index (χ1) is 7.04. The van der Waals surface area contributed by atoms with E-state index < -0.39 is 10.8 Å². The van der Waals surface area contributed by atoms with Crippen molar-refractivity contribution in [3.05, 3.63) is 18.2 Å². The SMILES string of the molecule is COc1ccc(N)c(S(=O)CC(C)C)c1. The minimum Gasteiger partial charge on any atom is -0.497 e. The van der Waals surface area contributed by atoms with E-state index in [-0.39, 0.29) is 0 Å². The van der Waals surface area contributed by atoms with Gasteiger partial charge in [0.05, 0.1) is 22.8 Å². The van der Waals surface area contributed by atoms with Crippen LogP contribution in [-0.2, 0) is 10.8 Å². The molecule has 84 valence electrons. The molecule has 1 aromatic rings. The highest BCUT2D eigenvalue weighted by atomic mass is 32.2. The van der Waals surface area contributed by atoms with Crippen LogP contribution in [0.3, 0.4) is 0 Å². The zero-order chi connectivity index (χ0) is 11.4. The Morgan fingerprint density at radius 1 is 1.47 bits per heavy atom. The molecule has 0 amide bonds. The van der Waals surface area contributed by atoms with Crippen LogP contribution in [0.25, 0.3) is 0 Å². The number of hydrogen-bond donors (Lipinski definition) is 1.